The molecule has 1 atom stereocenters. The Hall–Kier alpha value is -2.42. The molecule has 9 nitrogen and oxygen atoms in total. The normalized spacial score (nSPS) is 19.1. The van der Waals surface area contributed by atoms with Crippen molar-refractivity contribution in [3.63, 3.8) is 0 Å². The Morgan fingerprint density at radius 3 is 2.95 bits per heavy atom. The largest absolute Gasteiger partial charge is 0.441 e. The van der Waals surface area contributed by atoms with Crippen molar-refractivity contribution >= 4 is 18.2 Å². The van der Waals surface area contributed by atoms with Crippen LogP contribution in [0.4, 0.5) is 10.7 Å². The van der Waals surface area contributed by atoms with Gasteiger partial charge in [-0.1, -0.05) is 0 Å². The van der Waals surface area contributed by atoms with Crippen LogP contribution in [0.1, 0.15) is 5.76 Å². The number of cyclic esters (lactones) is 1. The first-order valence-electron chi connectivity index (χ1n) is 5.87. The molecule has 1 aromatic heterocycles. The van der Waals surface area contributed by atoms with Gasteiger partial charge in [0.2, 0.25) is 0 Å². The van der Waals surface area contributed by atoms with E-state index in [-0.39, 0.29) is 17.7 Å². The Kier molecular flexibility index (Phi) is 3.99. The van der Waals surface area contributed by atoms with E-state index >= 15 is 0 Å². The van der Waals surface area contributed by atoms with Crippen LogP contribution >= 0.6 is 0 Å². The SMILES string of the molecule is CN(C)C[C@@H]1CN(/N=C\c2ccc([N+](=O)[O-])o2)C(=O)O1. The van der Waals surface area contributed by atoms with Crippen LogP contribution in [0.3, 0.4) is 0 Å². The summed E-state index contributed by atoms with van der Waals surface area (Å²) in [6.45, 7) is 0.931. The minimum atomic E-state index is -0.644. The summed E-state index contributed by atoms with van der Waals surface area (Å²) in [6.07, 6.45) is 0.446. The molecule has 0 aromatic carbocycles. The Morgan fingerprint density at radius 1 is 1.60 bits per heavy atom. The van der Waals surface area contributed by atoms with Crippen LogP contribution in [0.25, 0.3) is 0 Å². The van der Waals surface area contributed by atoms with Gasteiger partial charge in [-0.15, -0.1) is 0 Å². The summed E-state index contributed by atoms with van der Waals surface area (Å²) < 4.78 is 10.0. The highest BCUT2D eigenvalue weighted by molar-refractivity contribution is 5.78. The zero-order chi connectivity index (χ0) is 14.7. The molecule has 0 unspecified atom stereocenters. The number of hydrogen-bond acceptors (Lipinski definition) is 7. The van der Waals surface area contributed by atoms with Crippen molar-refractivity contribution in [1.82, 2.24) is 9.91 Å². The van der Waals surface area contributed by atoms with E-state index in [1.54, 1.807) is 0 Å². The summed E-state index contributed by atoms with van der Waals surface area (Å²) in [5.41, 5.74) is 0. The van der Waals surface area contributed by atoms with E-state index < -0.39 is 11.0 Å². The topological polar surface area (TPSA) is 101 Å². The molecule has 1 aliphatic rings. The number of ether oxygens (including phenoxy) is 1. The summed E-state index contributed by atoms with van der Waals surface area (Å²) in [5, 5.41) is 15.5. The molecule has 1 fully saturated rings. The second-order valence-corrected chi connectivity index (χ2v) is 4.53. The van der Waals surface area contributed by atoms with Crippen molar-refractivity contribution in [2.45, 2.75) is 6.10 Å². The first kappa shape index (κ1) is 14.0. The van der Waals surface area contributed by atoms with Crippen LogP contribution < -0.4 is 0 Å². The standard InChI is InChI=1S/C11H14N4O5/c1-13(2)6-9-7-14(11(16)20-9)12-5-8-3-4-10(19-8)15(17)18/h3-5,9H,6-7H2,1-2H3/b12-5-/t9-/m1/s1. The number of amides is 1. The average Bonchev–Trinajstić information content (AvgIpc) is 2.93. The van der Waals surface area contributed by atoms with E-state index in [9.17, 15) is 14.9 Å². The zero-order valence-electron chi connectivity index (χ0n) is 11.1. The summed E-state index contributed by atoms with van der Waals surface area (Å²) in [7, 11) is 3.75. The van der Waals surface area contributed by atoms with E-state index in [4.69, 9.17) is 9.15 Å². The lowest BCUT2D eigenvalue weighted by atomic mass is 10.3. The van der Waals surface area contributed by atoms with Crippen molar-refractivity contribution in [2.24, 2.45) is 5.10 Å². The van der Waals surface area contributed by atoms with Crippen LogP contribution in [0.2, 0.25) is 0 Å². The molecule has 9 heteroatoms. The van der Waals surface area contributed by atoms with E-state index in [1.165, 1.54) is 18.3 Å². The van der Waals surface area contributed by atoms with Crippen LogP contribution in [0.15, 0.2) is 21.7 Å². The lowest BCUT2D eigenvalue weighted by Crippen LogP contribution is -2.28. The third-order valence-electron chi connectivity index (χ3n) is 2.54. The number of furan rings is 1. The molecule has 0 N–H and O–H groups in total. The number of nitrogens with zero attached hydrogens (tertiary/aromatic N) is 4. The predicted octanol–water partition coefficient (Wildman–Crippen LogP) is 0.904. The van der Waals surface area contributed by atoms with Gasteiger partial charge in [-0.2, -0.15) is 10.1 Å². The Morgan fingerprint density at radius 2 is 2.35 bits per heavy atom. The molecule has 0 bridgehead atoms. The van der Waals surface area contributed by atoms with E-state index in [2.05, 4.69) is 5.10 Å². The number of carbonyl (C=O) groups excluding carboxylic acids is 1. The average molecular weight is 282 g/mol. The maximum absolute atomic E-state index is 11.5. The number of likely N-dealkylation sites (N-methyl/N-ethyl adjacent to an activating group) is 1. The second kappa shape index (κ2) is 5.70. The fourth-order valence-electron chi connectivity index (χ4n) is 1.74. The lowest BCUT2D eigenvalue weighted by Gasteiger charge is -2.13. The smallest absolute Gasteiger partial charge is 0.433 e. The van der Waals surface area contributed by atoms with E-state index in [0.717, 1.165) is 5.01 Å². The van der Waals surface area contributed by atoms with Gasteiger partial charge in [0, 0.05) is 6.54 Å². The Labute approximate surface area is 114 Å². The number of hydrazone groups is 1. The molecule has 1 aromatic rings. The third-order valence-corrected chi connectivity index (χ3v) is 2.54. The molecule has 1 aliphatic heterocycles. The highest BCUT2D eigenvalue weighted by Crippen LogP contribution is 2.15. The maximum atomic E-state index is 11.5. The van der Waals surface area contributed by atoms with Gasteiger partial charge >= 0.3 is 12.0 Å². The summed E-state index contributed by atoms with van der Waals surface area (Å²) in [5.74, 6) is -0.179. The quantitative estimate of drug-likeness (QED) is 0.452. The molecule has 20 heavy (non-hydrogen) atoms. The van der Waals surface area contributed by atoms with Gasteiger partial charge in [-0.25, -0.2) is 4.79 Å². The van der Waals surface area contributed by atoms with Crippen LogP contribution in [-0.2, 0) is 4.74 Å². The monoisotopic (exact) mass is 282 g/mol. The molecule has 0 saturated carbocycles. The number of nitro groups is 1. The summed E-state index contributed by atoms with van der Waals surface area (Å²) >= 11 is 0. The third kappa shape index (κ3) is 3.32. The van der Waals surface area contributed by atoms with Crippen LogP contribution in [0, 0.1) is 10.1 Å². The van der Waals surface area contributed by atoms with Crippen LogP contribution in [-0.4, -0.2) is 60.4 Å². The first-order valence-corrected chi connectivity index (χ1v) is 5.87. The maximum Gasteiger partial charge on any atom is 0.433 e. The molecule has 0 aliphatic carbocycles. The number of carbonyl (C=O) groups is 1. The van der Waals surface area contributed by atoms with Crippen molar-refractivity contribution in [2.75, 3.05) is 27.2 Å². The highest BCUT2D eigenvalue weighted by Gasteiger charge is 2.31. The lowest BCUT2D eigenvalue weighted by molar-refractivity contribution is -0.402. The van der Waals surface area contributed by atoms with Gasteiger partial charge in [0.15, 0.2) is 5.76 Å². The molecule has 108 valence electrons. The summed E-state index contributed by atoms with van der Waals surface area (Å²) in [6, 6.07) is 2.62. The van der Waals surface area contributed by atoms with Gasteiger partial charge in [0.1, 0.15) is 11.0 Å². The van der Waals surface area contributed by atoms with Crippen LogP contribution in [0.5, 0.6) is 0 Å². The number of rotatable bonds is 5. The molecular formula is C11H14N4O5. The van der Waals surface area contributed by atoms with Gasteiger partial charge < -0.3 is 14.1 Å². The second-order valence-electron chi connectivity index (χ2n) is 4.53. The van der Waals surface area contributed by atoms with Gasteiger partial charge in [0.25, 0.3) is 0 Å². The molecular weight excluding hydrogens is 268 g/mol. The minimum absolute atomic E-state index is 0.195. The van der Waals surface area contributed by atoms with Gasteiger partial charge in [-0.3, -0.25) is 10.1 Å². The molecule has 1 saturated heterocycles. The molecule has 0 radical (unpaired) electrons. The molecule has 0 spiro atoms. The minimum Gasteiger partial charge on any atom is -0.441 e. The van der Waals surface area contributed by atoms with Crippen molar-refractivity contribution in [3.05, 3.63) is 28.0 Å². The zero-order valence-corrected chi connectivity index (χ0v) is 11.1. The van der Waals surface area contributed by atoms with Gasteiger partial charge in [0.05, 0.1) is 18.8 Å². The van der Waals surface area contributed by atoms with Crippen molar-refractivity contribution in [1.29, 1.82) is 0 Å². The Bertz CT molecular complexity index is 539. The highest BCUT2D eigenvalue weighted by atomic mass is 16.6. The summed E-state index contributed by atoms with van der Waals surface area (Å²) in [4.78, 5) is 23.2. The fraction of sp³-hybridized carbons (Fsp3) is 0.455. The van der Waals surface area contributed by atoms with Gasteiger partial charge in [-0.05, 0) is 20.2 Å². The van der Waals surface area contributed by atoms with Crippen molar-refractivity contribution in [3.8, 4) is 0 Å². The Balaban J connectivity index is 1.97. The predicted molar refractivity (Wildman–Crippen MR) is 68.5 cm³/mol. The first-order chi connectivity index (χ1) is 9.45. The molecule has 1 amide bonds. The number of hydrogen-bond donors (Lipinski definition) is 0. The fourth-order valence-corrected chi connectivity index (χ4v) is 1.74. The van der Waals surface area contributed by atoms with E-state index in [0.29, 0.717) is 13.1 Å². The molecule has 2 heterocycles. The molecule has 2 rings (SSSR count). The van der Waals surface area contributed by atoms with E-state index in [1.807, 2.05) is 19.0 Å². The van der Waals surface area contributed by atoms with Crippen molar-refractivity contribution < 1.29 is 18.9 Å².